The topological polar surface area (TPSA) is 104 Å². The molecule has 1 aromatic heterocycles. The number of halogens is 1. The summed E-state index contributed by atoms with van der Waals surface area (Å²) in [6, 6.07) is 22.1. The molecule has 0 radical (unpaired) electrons. The number of furan rings is 1. The number of anilines is 2. The molecule has 3 aromatic carbocycles. The Labute approximate surface area is 203 Å². The van der Waals surface area contributed by atoms with Crippen LogP contribution in [-0.2, 0) is 4.74 Å². The van der Waals surface area contributed by atoms with Crippen molar-refractivity contribution in [1.29, 1.82) is 0 Å². The molecular weight excluding hydrogens is 504 g/mol. The van der Waals surface area contributed by atoms with Crippen LogP contribution in [0.25, 0.3) is 11.3 Å². The average Bonchev–Trinajstić information content (AvgIpc) is 3.31. The van der Waals surface area contributed by atoms with E-state index in [-0.39, 0.29) is 23.8 Å². The third-order valence-corrected chi connectivity index (χ3v) is 5.23. The van der Waals surface area contributed by atoms with Crippen LogP contribution in [0.15, 0.2) is 87.8 Å². The summed E-state index contributed by atoms with van der Waals surface area (Å²) in [5, 5.41) is 14.7. The summed E-state index contributed by atoms with van der Waals surface area (Å²) in [5.74, 6) is 0.363. The molecule has 0 saturated carbocycles. The highest BCUT2D eigenvalue weighted by Gasteiger charge is 2.18. The lowest BCUT2D eigenvalue weighted by Gasteiger charge is -2.14. The largest absolute Gasteiger partial charge is 0.460 e. The molecular formula is C25H19BrN2O6. The lowest BCUT2D eigenvalue weighted by Crippen LogP contribution is -2.02. The second-order valence-electron chi connectivity index (χ2n) is 7.05. The molecule has 1 heterocycles. The maximum Gasteiger partial charge on any atom is 0.374 e. The van der Waals surface area contributed by atoms with Crippen LogP contribution in [0.3, 0.4) is 0 Å². The van der Waals surface area contributed by atoms with Gasteiger partial charge in [0.05, 0.1) is 11.5 Å². The molecule has 8 nitrogen and oxygen atoms in total. The van der Waals surface area contributed by atoms with Gasteiger partial charge in [0.25, 0.3) is 0 Å². The molecule has 0 amide bonds. The van der Waals surface area contributed by atoms with Gasteiger partial charge in [-0.1, -0.05) is 34.1 Å². The van der Waals surface area contributed by atoms with Gasteiger partial charge in [-0.2, -0.15) is 0 Å². The Bertz CT molecular complexity index is 1350. The fourth-order valence-electron chi connectivity index (χ4n) is 3.24. The smallest absolute Gasteiger partial charge is 0.374 e. The number of nitro benzene ring substituents is 1. The summed E-state index contributed by atoms with van der Waals surface area (Å²) < 4.78 is 17.5. The van der Waals surface area contributed by atoms with E-state index in [1.165, 1.54) is 18.2 Å². The number of nitrogens with one attached hydrogen (secondary N) is 1. The number of carbonyl (C=O) groups excluding carboxylic acids is 1. The predicted molar refractivity (Wildman–Crippen MR) is 131 cm³/mol. The number of rotatable bonds is 8. The van der Waals surface area contributed by atoms with Gasteiger partial charge in [-0.15, -0.1) is 0 Å². The van der Waals surface area contributed by atoms with Crippen molar-refractivity contribution in [3.63, 3.8) is 0 Å². The Hall–Kier alpha value is -4.11. The zero-order valence-electron chi connectivity index (χ0n) is 18.0. The van der Waals surface area contributed by atoms with Gasteiger partial charge in [0.15, 0.2) is 0 Å². The minimum absolute atomic E-state index is 0.0651. The highest BCUT2D eigenvalue weighted by molar-refractivity contribution is 9.10. The van der Waals surface area contributed by atoms with Crippen molar-refractivity contribution in [2.45, 2.75) is 6.92 Å². The van der Waals surface area contributed by atoms with Crippen molar-refractivity contribution in [3.8, 4) is 22.8 Å². The first-order valence-electron chi connectivity index (χ1n) is 10.3. The molecule has 1 N–H and O–H groups in total. The fraction of sp³-hybridized carbons (Fsp3) is 0.0800. The quantitative estimate of drug-likeness (QED) is 0.147. The number of hydrogen-bond acceptors (Lipinski definition) is 7. The van der Waals surface area contributed by atoms with Crippen molar-refractivity contribution in [2.24, 2.45) is 0 Å². The third kappa shape index (κ3) is 5.26. The molecule has 0 fully saturated rings. The summed E-state index contributed by atoms with van der Waals surface area (Å²) in [5.41, 5.74) is 1.94. The Morgan fingerprint density at radius 3 is 2.65 bits per heavy atom. The molecule has 0 bridgehead atoms. The molecule has 0 unspecified atom stereocenters. The van der Waals surface area contributed by atoms with Gasteiger partial charge in [-0.3, -0.25) is 10.1 Å². The van der Waals surface area contributed by atoms with E-state index in [1.54, 1.807) is 43.3 Å². The van der Waals surface area contributed by atoms with Gasteiger partial charge in [-0.05, 0) is 61.5 Å². The van der Waals surface area contributed by atoms with E-state index >= 15 is 0 Å². The summed E-state index contributed by atoms with van der Waals surface area (Å²) in [4.78, 5) is 22.9. The van der Waals surface area contributed by atoms with Gasteiger partial charge >= 0.3 is 11.7 Å². The highest BCUT2D eigenvalue weighted by atomic mass is 79.9. The van der Waals surface area contributed by atoms with Crippen molar-refractivity contribution in [2.75, 3.05) is 11.9 Å². The van der Waals surface area contributed by atoms with Crippen LogP contribution in [0.5, 0.6) is 11.5 Å². The van der Waals surface area contributed by atoms with Gasteiger partial charge in [0.2, 0.25) is 11.5 Å². The summed E-state index contributed by atoms with van der Waals surface area (Å²) >= 11 is 3.46. The SMILES string of the molecule is CCOC(=O)c1ccc(-c2cc(Oc3ccccc3[N+](=O)[O-])ccc2Nc2cccc(Br)c2)o1. The minimum atomic E-state index is -0.567. The first kappa shape index (κ1) is 23.1. The van der Waals surface area contributed by atoms with E-state index in [2.05, 4.69) is 21.2 Å². The Morgan fingerprint density at radius 1 is 1.06 bits per heavy atom. The third-order valence-electron chi connectivity index (χ3n) is 4.73. The van der Waals surface area contributed by atoms with E-state index in [1.807, 2.05) is 24.3 Å². The Balaban J connectivity index is 1.74. The second-order valence-corrected chi connectivity index (χ2v) is 7.97. The lowest BCUT2D eigenvalue weighted by molar-refractivity contribution is -0.385. The van der Waals surface area contributed by atoms with Crippen LogP contribution in [0, 0.1) is 10.1 Å². The number of esters is 1. The summed E-state index contributed by atoms with van der Waals surface area (Å²) in [6.45, 7) is 1.94. The van der Waals surface area contributed by atoms with Crippen LogP contribution >= 0.6 is 15.9 Å². The maximum absolute atomic E-state index is 12.1. The maximum atomic E-state index is 12.1. The standard InChI is InChI=1S/C25H19BrN2O6/c1-2-32-25(29)24-13-12-22(34-24)19-15-18(33-23-9-4-3-8-21(23)28(30)31)10-11-20(19)27-17-7-5-6-16(26)14-17/h3-15,27H,2H2,1H3. The Kier molecular flexibility index (Phi) is 6.93. The highest BCUT2D eigenvalue weighted by Crippen LogP contribution is 2.38. The molecule has 0 spiro atoms. The molecule has 4 rings (SSSR count). The van der Waals surface area contributed by atoms with Gasteiger partial charge in [0.1, 0.15) is 11.5 Å². The first-order chi connectivity index (χ1) is 16.4. The van der Waals surface area contributed by atoms with Crippen molar-refractivity contribution >= 4 is 39.0 Å². The summed E-state index contributed by atoms with van der Waals surface area (Å²) in [6.07, 6.45) is 0. The molecule has 4 aromatic rings. The lowest BCUT2D eigenvalue weighted by atomic mass is 10.1. The van der Waals surface area contributed by atoms with Gasteiger partial charge in [0, 0.05) is 27.5 Å². The number of carbonyl (C=O) groups is 1. The van der Waals surface area contributed by atoms with E-state index in [4.69, 9.17) is 13.9 Å². The zero-order valence-corrected chi connectivity index (χ0v) is 19.6. The zero-order chi connectivity index (χ0) is 24.1. The molecule has 0 saturated heterocycles. The predicted octanol–water partition coefficient (Wildman–Crippen LogP) is 7.33. The molecule has 0 aliphatic heterocycles. The normalized spacial score (nSPS) is 10.5. The molecule has 0 aliphatic rings. The van der Waals surface area contributed by atoms with Crippen LogP contribution in [-0.4, -0.2) is 17.5 Å². The fourth-order valence-corrected chi connectivity index (χ4v) is 3.64. The monoisotopic (exact) mass is 522 g/mol. The number of nitrogens with zero attached hydrogens (tertiary/aromatic N) is 1. The first-order valence-corrected chi connectivity index (χ1v) is 11.1. The molecule has 9 heteroatoms. The second kappa shape index (κ2) is 10.2. The number of nitro groups is 1. The molecule has 172 valence electrons. The van der Waals surface area contributed by atoms with Crippen molar-refractivity contribution < 1.29 is 23.6 Å². The minimum Gasteiger partial charge on any atom is -0.460 e. The molecule has 34 heavy (non-hydrogen) atoms. The van der Waals surface area contributed by atoms with E-state index in [0.717, 1.165) is 10.2 Å². The summed E-state index contributed by atoms with van der Waals surface area (Å²) in [7, 11) is 0. The Morgan fingerprint density at radius 2 is 1.88 bits per heavy atom. The number of hydrogen-bond donors (Lipinski definition) is 1. The van der Waals surface area contributed by atoms with E-state index in [0.29, 0.717) is 22.8 Å². The number of para-hydroxylation sites is 2. The molecule has 0 aliphatic carbocycles. The van der Waals surface area contributed by atoms with E-state index < -0.39 is 10.9 Å². The molecule has 0 atom stereocenters. The van der Waals surface area contributed by atoms with Crippen LogP contribution in [0.1, 0.15) is 17.5 Å². The van der Waals surface area contributed by atoms with Crippen LogP contribution in [0.2, 0.25) is 0 Å². The van der Waals surface area contributed by atoms with Gasteiger partial charge < -0.3 is 19.2 Å². The van der Waals surface area contributed by atoms with Crippen LogP contribution < -0.4 is 10.1 Å². The van der Waals surface area contributed by atoms with E-state index in [9.17, 15) is 14.9 Å². The number of ether oxygens (including phenoxy) is 2. The number of benzene rings is 3. The average molecular weight is 523 g/mol. The van der Waals surface area contributed by atoms with Crippen molar-refractivity contribution in [1.82, 2.24) is 0 Å². The van der Waals surface area contributed by atoms with Gasteiger partial charge in [-0.25, -0.2) is 4.79 Å². The van der Waals surface area contributed by atoms with Crippen LogP contribution in [0.4, 0.5) is 17.1 Å². The van der Waals surface area contributed by atoms with Crippen molar-refractivity contribution in [3.05, 3.63) is 99.2 Å².